The molecule has 5 rings (SSSR count). The van der Waals surface area contributed by atoms with Crippen molar-refractivity contribution in [3.05, 3.63) is 88.7 Å². The third-order valence-electron chi connectivity index (χ3n) is 5.53. The van der Waals surface area contributed by atoms with Crippen LogP contribution < -0.4 is 18.9 Å². The van der Waals surface area contributed by atoms with E-state index < -0.39 is 5.97 Å². The number of ketones is 1. The molecule has 33 heavy (non-hydrogen) atoms. The summed E-state index contributed by atoms with van der Waals surface area (Å²) in [6, 6.07) is 17.5. The Morgan fingerprint density at radius 3 is 2.42 bits per heavy atom. The van der Waals surface area contributed by atoms with Gasteiger partial charge in [-0.15, -0.1) is 0 Å². The first-order valence-corrected chi connectivity index (χ1v) is 10.6. The molecule has 0 aromatic heterocycles. The Morgan fingerprint density at radius 1 is 0.909 bits per heavy atom. The molecule has 0 amide bonds. The minimum atomic E-state index is -0.476. The molecule has 0 fully saturated rings. The Bertz CT molecular complexity index is 1300. The van der Waals surface area contributed by atoms with Crippen molar-refractivity contribution >= 4 is 17.8 Å². The number of rotatable bonds is 3. The number of ether oxygens (including phenoxy) is 4. The third-order valence-corrected chi connectivity index (χ3v) is 5.53. The van der Waals surface area contributed by atoms with E-state index in [2.05, 4.69) is 20.8 Å². The Labute approximate surface area is 191 Å². The smallest absolute Gasteiger partial charge is 0.343 e. The summed E-state index contributed by atoms with van der Waals surface area (Å²) in [6.07, 6.45) is 1.65. The molecule has 0 saturated carbocycles. The van der Waals surface area contributed by atoms with Crippen LogP contribution in [0.5, 0.6) is 23.0 Å². The average molecular weight is 442 g/mol. The maximum atomic E-state index is 12.7. The molecule has 2 heterocycles. The molecule has 6 heteroatoms. The molecule has 2 aliphatic heterocycles. The highest BCUT2D eigenvalue weighted by Crippen LogP contribution is 2.37. The van der Waals surface area contributed by atoms with Crippen molar-refractivity contribution in [3.63, 3.8) is 0 Å². The number of carbonyl (C=O) groups is 2. The molecule has 2 aliphatic rings. The van der Waals surface area contributed by atoms with E-state index in [1.807, 2.05) is 18.2 Å². The van der Waals surface area contributed by atoms with Gasteiger partial charge in [-0.1, -0.05) is 39.0 Å². The number of carbonyl (C=O) groups excluding carboxylic acids is 2. The van der Waals surface area contributed by atoms with Gasteiger partial charge in [0.25, 0.3) is 0 Å². The summed E-state index contributed by atoms with van der Waals surface area (Å²) in [7, 11) is 0. The molecular weight excluding hydrogens is 420 g/mol. The van der Waals surface area contributed by atoms with Gasteiger partial charge in [-0.2, -0.15) is 0 Å². The zero-order valence-corrected chi connectivity index (χ0v) is 18.5. The van der Waals surface area contributed by atoms with Gasteiger partial charge >= 0.3 is 5.97 Å². The Balaban J connectivity index is 1.32. The fourth-order valence-corrected chi connectivity index (χ4v) is 3.66. The van der Waals surface area contributed by atoms with Gasteiger partial charge in [0.2, 0.25) is 12.6 Å². The van der Waals surface area contributed by atoms with Gasteiger partial charge in [-0.3, -0.25) is 4.79 Å². The topological polar surface area (TPSA) is 71.1 Å². The quantitative estimate of drug-likeness (QED) is 0.301. The van der Waals surface area contributed by atoms with Crippen LogP contribution in [-0.2, 0) is 5.41 Å². The van der Waals surface area contributed by atoms with Crippen LogP contribution in [0, 0.1) is 0 Å². The van der Waals surface area contributed by atoms with Crippen LogP contribution in [0.1, 0.15) is 52.6 Å². The van der Waals surface area contributed by atoms with E-state index in [-0.39, 0.29) is 23.8 Å². The Morgan fingerprint density at radius 2 is 1.67 bits per heavy atom. The number of fused-ring (bicyclic) bond motifs is 2. The predicted octanol–water partition coefficient (Wildman–Crippen LogP) is 5.55. The minimum Gasteiger partial charge on any atom is -0.454 e. The summed E-state index contributed by atoms with van der Waals surface area (Å²) in [4.78, 5) is 25.3. The molecule has 0 unspecified atom stereocenters. The van der Waals surface area contributed by atoms with Gasteiger partial charge in [0, 0.05) is 6.07 Å². The molecule has 0 bridgehead atoms. The number of hydrogen-bond donors (Lipinski definition) is 0. The van der Waals surface area contributed by atoms with E-state index in [1.165, 1.54) is 0 Å². The summed E-state index contributed by atoms with van der Waals surface area (Å²) in [5, 5.41) is 0. The fourth-order valence-electron chi connectivity index (χ4n) is 3.66. The van der Waals surface area contributed by atoms with Crippen LogP contribution >= 0.6 is 0 Å². The normalized spacial score (nSPS) is 15.4. The molecule has 6 nitrogen and oxygen atoms in total. The highest BCUT2D eigenvalue weighted by atomic mass is 16.7. The predicted molar refractivity (Wildman–Crippen MR) is 122 cm³/mol. The molecule has 0 aliphatic carbocycles. The van der Waals surface area contributed by atoms with Gasteiger partial charge in [-0.25, -0.2) is 4.79 Å². The van der Waals surface area contributed by atoms with Crippen molar-refractivity contribution < 1.29 is 28.5 Å². The number of hydrogen-bond acceptors (Lipinski definition) is 6. The first kappa shape index (κ1) is 20.8. The molecule has 0 saturated heterocycles. The standard InChI is InChI=1S/C27H22O6/c1-27(2,3)18-7-5-17(6-8-18)26(29)32-19-9-10-20-22(14-19)33-24(25(20)28)13-16-4-11-21-23(12-16)31-15-30-21/h4-14H,15H2,1-3H3. The van der Waals surface area contributed by atoms with E-state index in [4.69, 9.17) is 18.9 Å². The van der Waals surface area contributed by atoms with E-state index >= 15 is 0 Å². The molecular formula is C27H22O6. The monoisotopic (exact) mass is 442 g/mol. The zero-order chi connectivity index (χ0) is 23.2. The van der Waals surface area contributed by atoms with Gasteiger partial charge in [0.1, 0.15) is 11.5 Å². The van der Waals surface area contributed by atoms with E-state index in [0.29, 0.717) is 34.1 Å². The molecule has 0 radical (unpaired) electrons. The van der Waals surface area contributed by atoms with Crippen LogP contribution in [-0.4, -0.2) is 18.5 Å². The van der Waals surface area contributed by atoms with Crippen molar-refractivity contribution in [3.8, 4) is 23.0 Å². The first-order valence-electron chi connectivity index (χ1n) is 10.6. The molecule has 3 aromatic carbocycles. The lowest BCUT2D eigenvalue weighted by atomic mass is 9.87. The summed E-state index contributed by atoms with van der Waals surface area (Å²) in [6.45, 7) is 6.52. The van der Waals surface area contributed by atoms with Gasteiger partial charge in [-0.05, 0) is 59.0 Å². The van der Waals surface area contributed by atoms with Crippen molar-refractivity contribution in [2.75, 3.05) is 6.79 Å². The molecule has 166 valence electrons. The van der Waals surface area contributed by atoms with Crippen molar-refractivity contribution in [1.29, 1.82) is 0 Å². The summed E-state index contributed by atoms with van der Waals surface area (Å²) in [5.41, 5.74) is 2.74. The maximum Gasteiger partial charge on any atom is 0.343 e. The second-order valence-corrected chi connectivity index (χ2v) is 8.93. The number of benzene rings is 3. The van der Waals surface area contributed by atoms with Crippen LogP contribution in [0.3, 0.4) is 0 Å². The lowest BCUT2D eigenvalue weighted by Gasteiger charge is -2.18. The summed E-state index contributed by atoms with van der Waals surface area (Å²) >= 11 is 0. The fraction of sp³-hybridized carbons (Fsp3) is 0.185. The molecule has 0 N–H and O–H groups in total. The van der Waals surface area contributed by atoms with Crippen molar-refractivity contribution in [1.82, 2.24) is 0 Å². The van der Waals surface area contributed by atoms with Gasteiger partial charge in [0.15, 0.2) is 17.3 Å². The molecule has 3 aromatic rings. The number of esters is 1. The summed E-state index contributed by atoms with van der Waals surface area (Å²) < 4.78 is 22.0. The van der Waals surface area contributed by atoms with Crippen LogP contribution in [0.15, 0.2) is 66.4 Å². The second kappa shape index (κ2) is 7.81. The summed E-state index contributed by atoms with van der Waals surface area (Å²) in [5.74, 6) is 1.41. The minimum absolute atomic E-state index is 0.00187. The Hall–Kier alpha value is -4.06. The lowest BCUT2D eigenvalue weighted by molar-refractivity contribution is 0.0734. The third kappa shape index (κ3) is 4.07. The average Bonchev–Trinajstić information content (AvgIpc) is 3.37. The van der Waals surface area contributed by atoms with E-state index in [9.17, 15) is 9.59 Å². The van der Waals surface area contributed by atoms with E-state index in [1.54, 1.807) is 48.5 Å². The highest BCUT2D eigenvalue weighted by molar-refractivity contribution is 6.14. The SMILES string of the molecule is CC(C)(C)c1ccc(C(=O)Oc2ccc3c(c2)OC(=Cc2ccc4c(c2)OCO4)C3=O)cc1. The molecule has 0 atom stereocenters. The van der Waals surface area contributed by atoms with Crippen LogP contribution in [0.2, 0.25) is 0 Å². The lowest BCUT2D eigenvalue weighted by Crippen LogP contribution is -2.12. The largest absolute Gasteiger partial charge is 0.454 e. The van der Waals surface area contributed by atoms with Crippen LogP contribution in [0.25, 0.3) is 6.08 Å². The first-order chi connectivity index (χ1) is 15.8. The van der Waals surface area contributed by atoms with Gasteiger partial charge < -0.3 is 18.9 Å². The highest BCUT2D eigenvalue weighted by Gasteiger charge is 2.28. The molecule has 0 spiro atoms. The van der Waals surface area contributed by atoms with Crippen molar-refractivity contribution in [2.24, 2.45) is 0 Å². The zero-order valence-electron chi connectivity index (χ0n) is 18.5. The second-order valence-electron chi connectivity index (χ2n) is 8.93. The number of Topliss-reactive ketones (excluding diaryl/α,β-unsaturated/α-hetero) is 1. The van der Waals surface area contributed by atoms with Crippen LogP contribution in [0.4, 0.5) is 0 Å². The van der Waals surface area contributed by atoms with Gasteiger partial charge in [0.05, 0.1) is 11.1 Å². The van der Waals surface area contributed by atoms with Crippen molar-refractivity contribution in [2.45, 2.75) is 26.2 Å². The Kier molecular flexibility index (Phi) is 4.93. The number of allylic oxidation sites excluding steroid dienone is 1. The maximum absolute atomic E-state index is 12.7. The van der Waals surface area contributed by atoms with E-state index in [0.717, 1.165) is 11.1 Å².